The maximum Gasteiger partial charge on any atom is 0.405 e. The Morgan fingerprint density at radius 3 is 2.57 bits per heavy atom. The van der Waals surface area contributed by atoms with Gasteiger partial charge in [-0.1, -0.05) is 18.5 Å². The smallest absolute Gasteiger partial charge is 0.359 e. The number of hydrogen-bond acceptors (Lipinski definition) is 2. The number of nitrogens with one attached hydrogen (secondary N) is 1. The molecule has 3 nitrogen and oxygen atoms in total. The Bertz CT molecular complexity index is 846. The SMILES string of the molecule is CC1c2c(cc(F)c3[nH]c(=O)cc(Cl)c23)N(CC(F)(F)F)C1C. The number of H-pyrrole nitrogens is 1. The van der Waals surface area contributed by atoms with Crippen molar-refractivity contribution >= 4 is 28.2 Å². The Balaban J connectivity index is 2.32. The minimum absolute atomic E-state index is 0.0346. The number of benzene rings is 1. The van der Waals surface area contributed by atoms with Crippen LogP contribution in [0.15, 0.2) is 16.9 Å². The molecular formula is C15H13ClF4N2O. The van der Waals surface area contributed by atoms with Crippen molar-refractivity contribution in [2.75, 3.05) is 11.4 Å². The molecule has 2 heterocycles. The van der Waals surface area contributed by atoms with E-state index in [9.17, 15) is 22.4 Å². The van der Waals surface area contributed by atoms with Gasteiger partial charge in [-0.2, -0.15) is 13.2 Å². The maximum atomic E-state index is 14.3. The van der Waals surface area contributed by atoms with Gasteiger partial charge in [0, 0.05) is 29.1 Å². The molecule has 0 amide bonds. The predicted molar refractivity (Wildman–Crippen MR) is 80.8 cm³/mol. The molecule has 1 aliphatic heterocycles. The first-order chi connectivity index (χ1) is 10.6. The van der Waals surface area contributed by atoms with Gasteiger partial charge in [0.25, 0.3) is 0 Å². The van der Waals surface area contributed by atoms with E-state index >= 15 is 0 Å². The molecule has 124 valence electrons. The van der Waals surface area contributed by atoms with Gasteiger partial charge in [-0.05, 0) is 18.6 Å². The van der Waals surface area contributed by atoms with Gasteiger partial charge >= 0.3 is 6.18 Å². The quantitative estimate of drug-likeness (QED) is 0.784. The highest BCUT2D eigenvalue weighted by Crippen LogP contribution is 2.47. The summed E-state index contributed by atoms with van der Waals surface area (Å²) in [5.74, 6) is -1.09. The Labute approximate surface area is 133 Å². The Morgan fingerprint density at radius 1 is 1.30 bits per heavy atom. The van der Waals surface area contributed by atoms with E-state index < -0.39 is 30.1 Å². The summed E-state index contributed by atoms with van der Waals surface area (Å²) in [7, 11) is 0. The third-order valence-electron chi connectivity index (χ3n) is 4.37. The number of anilines is 1. The molecule has 2 unspecified atom stereocenters. The van der Waals surface area contributed by atoms with E-state index in [2.05, 4.69) is 4.98 Å². The average molecular weight is 349 g/mol. The highest BCUT2D eigenvalue weighted by atomic mass is 35.5. The molecule has 1 N–H and O–H groups in total. The van der Waals surface area contributed by atoms with E-state index in [0.717, 1.165) is 17.0 Å². The number of alkyl halides is 3. The van der Waals surface area contributed by atoms with Crippen LogP contribution in [0.4, 0.5) is 23.2 Å². The van der Waals surface area contributed by atoms with E-state index in [0.29, 0.717) is 5.56 Å². The number of rotatable bonds is 1. The van der Waals surface area contributed by atoms with E-state index in [-0.39, 0.29) is 27.5 Å². The molecule has 2 atom stereocenters. The van der Waals surface area contributed by atoms with Gasteiger partial charge in [-0.25, -0.2) is 4.39 Å². The van der Waals surface area contributed by atoms with Crippen molar-refractivity contribution in [1.29, 1.82) is 0 Å². The minimum atomic E-state index is -4.41. The van der Waals surface area contributed by atoms with Gasteiger partial charge in [0.05, 0.1) is 10.5 Å². The molecule has 0 saturated heterocycles. The first-order valence-electron chi connectivity index (χ1n) is 6.98. The summed E-state index contributed by atoms with van der Waals surface area (Å²) in [6.45, 7) is 2.25. The summed E-state index contributed by atoms with van der Waals surface area (Å²) >= 11 is 6.08. The highest BCUT2D eigenvalue weighted by Gasteiger charge is 2.41. The highest BCUT2D eigenvalue weighted by molar-refractivity contribution is 6.35. The second kappa shape index (κ2) is 5.12. The molecule has 8 heteroatoms. The van der Waals surface area contributed by atoms with Crippen LogP contribution in [0.3, 0.4) is 0 Å². The standard InChI is InChI=1S/C15H13ClF4N2O/c1-6-7(2)22(5-15(18,19)20)10-4-9(17)14-13(12(6)10)8(16)3-11(23)21-14/h3-4,6-7H,5H2,1-2H3,(H,21,23). The third kappa shape index (κ3) is 2.56. The zero-order valence-electron chi connectivity index (χ0n) is 12.3. The van der Waals surface area contributed by atoms with Crippen molar-refractivity contribution in [3.05, 3.63) is 38.9 Å². The van der Waals surface area contributed by atoms with Crippen LogP contribution in [-0.4, -0.2) is 23.7 Å². The zero-order chi connectivity index (χ0) is 17.1. The van der Waals surface area contributed by atoms with Crippen molar-refractivity contribution in [3.8, 4) is 0 Å². The lowest BCUT2D eigenvalue weighted by molar-refractivity contribution is -0.120. The first-order valence-corrected chi connectivity index (χ1v) is 7.36. The summed E-state index contributed by atoms with van der Waals surface area (Å²) < 4.78 is 52.8. The summed E-state index contributed by atoms with van der Waals surface area (Å²) in [5.41, 5.74) is 0.0574. The number of aromatic amines is 1. The predicted octanol–water partition coefficient (Wildman–Crippen LogP) is 4.19. The molecule has 0 bridgehead atoms. The Morgan fingerprint density at radius 2 is 1.96 bits per heavy atom. The third-order valence-corrected chi connectivity index (χ3v) is 4.67. The van der Waals surface area contributed by atoms with Gasteiger partial charge in [0.2, 0.25) is 5.56 Å². The van der Waals surface area contributed by atoms with Crippen LogP contribution < -0.4 is 10.5 Å². The van der Waals surface area contributed by atoms with Crippen LogP contribution in [0.5, 0.6) is 0 Å². The van der Waals surface area contributed by atoms with E-state index in [1.165, 1.54) is 0 Å². The second-order valence-electron chi connectivity index (χ2n) is 5.80. The number of halogens is 5. The van der Waals surface area contributed by atoms with Crippen LogP contribution in [0, 0.1) is 5.82 Å². The van der Waals surface area contributed by atoms with Crippen LogP contribution in [0.1, 0.15) is 25.3 Å². The van der Waals surface area contributed by atoms with Crippen LogP contribution in [0.25, 0.3) is 10.9 Å². The van der Waals surface area contributed by atoms with Crippen molar-refractivity contribution in [3.63, 3.8) is 0 Å². The molecule has 0 spiro atoms. The summed E-state index contributed by atoms with van der Waals surface area (Å²) in [4.78, 5) is 15.0. The topological polar surface area (TPSA) is 36.1 Å². The van der Waals surface area contributed by atoms with Crippen molar-refractivity contribution < 1.29 is 17.6 Å². The fourth-order valence-electron chi connectivity index (χ4n) is 3.22. The number of fused-ring (bicyclic) bond motifs is 3. The van der Waals surface area contributed by atoms with Gasteiger partial charge in [0.15, 0.2) is 0 Å². The second-order valence-corrected chi connectivity index (χ2v) is 6.20. The molecule has 1 aromatic heterocycles. The lowest BCUT2D eigenvalue weighted by Gasteiger charge is -2.27. The molecule has 2 aromatic rings. The lowest BCUT2D eigenvalue weighted by Crippen LogP contribution is -2.38. The summed E-state index contributed by atoms with van der Waals surface area (Å²) in [6.07, 6.45) is -4.41. The number of pyridine rings is 1. The van der Waals surface area contributed by atoms with E-state index in [4.69, 9.17) is 11.6 Å². The summed E-state index contributed by atoms with van der Waals surface area (Å²) in [6, 6.07) is 1.67. The molecule has 1 aliphatic rings. The lowest BCUT2D eigenvalue weighted by atomic mass is 9.94. The minimum Gasteiger partial charge on any atom is -0.359 e. The fourth-order valence-corrected chi connectivity index (χ4v) is 3.52. The normalized spacial score (nSPS) is 21.1. The van der Waals surface area contributed by atoms with Gasteiger partial charge < -0.3 is 9.88 Å². The molecule has 1 aromatic carbocycles. The largest absolute Gasteiger partial charge is 0.405 e. The van der Waals surface area contributed by atoms with Gasteiger partial charge in [-0.15, -0.1) is 0 Å². The molecule has 0 aliphatic carbocycles. The van der Waals surface area contributed by atoms with Crippen LogP contribution >= 0.6 is 11.6 Å². The van der Waals surface area contributed by atoms with Crippen molar-refractivity contribution in [1.82, 2.24) is 4.98 Å². The molecule has 23 heavy (non-hydrogen) atoms. The van der Waals surface area contributed by atoms with E-state index in [1.54, 1.807) is 13.8 Å². The Hall–Kier alpha value is -1.76. The van der Waals surface area contributed by atoms with E-state index in [1.807, 2.05) is 0 Å². The zero-order valence-corrected chi connectivity index (χ0v) is 13.0. The summed E-state index contributed by atoms with van der Waals surface area (Å²) in [5, 5.41) is 0.303. The molecule has 0 radical (unpaired) electrons. The number of aromatic nitrogens is 1. The molecular weight excluding hydrogens is 336 g/mol. The number of nitrogens with zero attached hydrogens (tertiary/aromatic N) is 1. The van der Waals surface area contributed by atoms with Crippen molar-refractivity contribution in [2.45, 2.75) is 32.0 Å². The maximum absolute atomic E-state index is 14.3. The molecule has 0 saturated carbocycles. The van der Waals surface area contributed by atoms with Crippen LogP contribution in [0.2, 0.25) is 5.02 Å². The fraction of sp³-hybridized carbons (Fsp3) is 0.400. The molecule has 0 fully saturated rings. The van der Waals surface area contributed by atoms with Crippen molar-refractivity contribution in [2.24, 2.45) is 0 Å². The average Bonchev–Trinajstić information content (AvgIpc) is 2.62. The monoisotopic (exact) mass is 348 g/mol. The number of hydrogen-bond donors (Lipinski definition) is 1. The first kappa shape index (κ1) is 16.1. The van der Waals surface area contributed by atoms with Gasteiger partial charge in [0.1, 0.15) is 12.4 Å². The Kier molecular flexibility index (Phi) is 3.59. The van der Waals surface area contributed by atoms with Crippen LogP contribution in [-0.2, 0) is 0 Å². The van der Waals surface area contributed by atoms with Gasteiger partial charge in [-0.3, -0.25) is 4.79 Å². The molecule has 3 rings (SSSR count).